The smallest absolute Gasteiger partial charge is 0.306 e. The van der Waals surface area contributed by atoms with Gasteiger partial charge in [-0.3, -0.25) is 9.59 Å². The number of allylic oxidation sites excluding steroid dienone is 4. The van der Waals surface area contributed by atoms with Crippen molar-refractivity contribution in [3.63, 3.8) is 0 Å². The van der Waals surface area contributed by atoms with Crippen molar-refractivity contribution in [2.45, 2.75) is 110 Å². The highest BCUT2D eigenvalue weighted by molar-refractivity contribution is 5.89. The van der Waals surface area contributed by atoms with Crippen molar-refractivity contribution in [3.05, 3.63) is 24.3 Å². The van der Waals surface area contributed by atoms with Crippen molar-refractivity contribution < 1.29 is 19.4 Å². The summed E-state index contributed by atoms with van der Waals surface area (Å²) >= 11 is 0. The molecule has 1 saturated carbocycles. The number of ether oxygens (including phenoxy) is 1. The Morgan fingerprint density at radius 1 is 1.03 bits per heavy atom. The van der Waals surface area contributed by atoms with Gasteiger partial charge >= 0.3 is 5.97 Å². The summed E-state index contributed by atoms with van der Waals surface area (Å²) in [5, 5.41) is 10.3. The quantitative estimate of drug-likeness (QED) is 0.158. The fourth-order valence-electron chi connectivity index (χ4n) is 3.92. The highest BCUT2D eigenvalue weighted by Crippen LogP contribution is 2.35. The number of carbonyl (C=O) groups is 2. The number of unbranched alkanes of at least 4 members (excludes halogenated alkanes) is 5. The van der Waals surface area contributed by atoms with E-state index >= 15 is 0 Å². The second-order valence-electron chi connectivity index (χ2n) is 8.60. The molecule has 1 aliphatic carbocycles. The molecule has 0 heterocycles. The third kappa shape index (κ3) is 12.0. The van der Waals surface area contributed by atoms with Crippen molar-refractivity contribution in [1.82, 2.24) is 0 Å². The molecule has 4 heteroatoms. The van der Waals surface area contributed by atoms with Gasteiger partial charge in [0.2, 0.25) is 0 Å². The summed E-state index contributed by atoms with van der Waals surface area (Å²) in [5.74, 6) is 0.538. The molecule has 3 atom stereocenters. The van der Waals surface area contributed by atoms with Gasteiger partial charge in [0.25, 0.3) is 0 Å². The summed E-state index contributed by atoms with van der Waals surface area (Å²) in [5.41, 5.74) is 0. The Balaban J connectivity index is 2.29. The number of rotatable bonds is 15. The van der Waals surface area contributed by atoms with E-state index in [1.807, 2.05) is 19.9 Å². The first-order chi connectivity index (χ1) is 13.9. The number of hydrogen-bond acceptors (Lipinski definition) is 4. The minimum atomic E-state index is -0.292. The summed E-state index contributed by atoms with van der Waals surface area (Å²) in [6.07, 6.45) is 18.7. The number of carbonyl (C=O) groups excluding carboxylic acids is 2. The van der Waals surface area contributed by atoms with Crippen molar-refractivity contribution in [2.24, 2.45) is 11.8 Å². The van der Waals surface area contributed by atoms with Crippen LogP contribution >= 0.6 is 0 Å². The van der Waals surface area contributed by atoms with Crippen LogP contribution in [-0.2, 0) is 14.3 Å². The summed E-state index contributed by atoms with van der Waals surface area (Å²) in [6, 6.07) is 0. The van der Waals surface area contributed by atoms with Gasteiger partial charge in [0.15, 0.2) is 5.78 Å². The minimum absolute atomic E-state index is 0.0557. The maximum Gasteiger partial charge on any atom is 0.306 e. The Hall–Kier alpha value is -1.42. The summed E-state index contributed by atoms with van der Waals surface area (Å²) in [4.78, 5) is 23.6. The first-order valence-electron chi connectivity index (χ1n) is 11.7. The van der Waals surface area contributed by atoms with Crippen LogP contribution in [0.3, 0.4) is 0 Å². The van der Waals surface area contributed by atoms with Crippen LogP contribution in [0.25, 0.3) is 0 Å². The molecule has 0 amide bonds. The third-order valence-electron chi connectivity index (χ3n) is 5.59. The van der Waals surface area contributed by atoms with Crippen LogP contribution in [0.2, 0.25) is 0 Å². The molecule has 0 spiro atoms. The molecular weight excluding hydrogens is 364 g/mol. The lowest BCUT2D eigenvalue weighted by Crippen LogP contribution is -2.17. The Bertz CT molecular complexity index is 521. The molecule has 166 valence electrons. The van der Waals surface area contributed by atoms with Crippen molar-refractivity contribution >= 4 is 11.8 Å². The maximum atomic E-state index is 12.1. The number of hydrogen-bond donors (Lipinski definition) is 1. The first kappa shape index (κ1) is 25.6. The zero-order chi connectivity index (χ0) is 21.5. The monoisotopic (exact) mass is 406 g/mol. The summed E-state index contributed by atoms with van der Waals surface area (Å²) in [6.45, 7) is 5.91. The molecule has 1 aliphatic rings. The van der Waals surface area contributed by atoms with Gasteiger partial charge in [-0.25, -0.2) is 0 Å². The lowest BCUT2D eigenvalue weighted by atomic mass is 9.90. The normalized spacial score (nSPS) is 22.2. The van der Waals surface area contributed by atoms with Crippen LogP contribution in [0.4, 0.5) is 0 Å². The molecule has 1 rings (SSSR count). The standard InChI is InChI=1S/C25H42O4/c1-4-5-6-7-10-13-22(26)18-16-21-17-19-24(27)23(21)14-11-8-9-12-15-25(28)29-20(2)3/h8,11,16,18,20-21,23-24,27H,4-7,9-10,12-15,17,19H2,1-3H3/b11-8-,18-16+/t21?,23-,24?/m1/s1. The van der Waals surface area contributed by atoms with E-state index in [4.69, 9.17) is 4.74 Å². The number of ketones is 1. The lowest BCUT2D eigenvalue weighted by Gasteiger charge is -2.17. The molecule has 1 N–H and O–H groups in total. The molecule has 1 fully saturated rings. The Kier molecular flexibility index (Phi) is 13.6. The van der Waals surface area contributed by atoms with Crippen LogP contribution in [0.1, 0.15) is 97.8 Å². The molecule has 0 radical (unpaired) electrons. The first-order valence-corrected chi connectivity index (χ1v) is 11.7. The molecule has 0 bridgehead atoms. The van der Waals surface area contributed by atoms with Crippen LogP contribution in [-0.4, -0.2) is 29.1 Å². The van der Waals surface area contributed by atoms with E-state index in [9.17, 15) is 14.7 Å². The Labute approximate surface area is 177 Å². The van der Waals surface area contributed by atoms with Gasteiger partial charge in [0.05, 0.1) is 12.2 Å². The third-order valence-corrected chi connectivity index (χ3v) is 5.59. The topological polar surface area (TPSA) is 63.6 Å². The van der Waals surface area contributed by atoms with Crippen LogP contribution in [0.5, 0.6) is 0 Å². The van der Waals surface area contributed by atoms with Crippen LogP contribution in [0.15, 0.2) is 24.3 Å². The van der Waals surface area contributed by atoms with Gasteiger partial charge in [0, 0.05) is 12.8 Å². The molecule has 0 saturated heterocycles. The van der Waals surface area contributed by atoms with Crippen molar-refractivity contribution in [3.8, 4) is 0 Å². The Morgan fingerprint density at radius 2 is 1.79 bits per heavy atom. The number of aliphatic hydroxyl groups excluding tert-OH is 1. The van der Waals surface area contributed by atoms with Crippen molar-refractivity contribution in [2.75, 3.05) is 0 Å². The van der Waals surface area contributed by atoms with E-state index in [2.05, 4.69) is 19.1 Å². The predicted molar refractivity (Wildman–Crippen MR) is 119 cm³/mol. The molecule has 29 heavy (non-hydrogen) atoms. The van der Waals surface area contributed by atoms with E-state index in [0.717, 1.165) is 44.9 Å². The average Bonchev–Trinajstić information content (AvgIpc) is 3.02. The summed E-state index contributed by atoms with van der Waals surface area (Å²) < 4.78 is 5.12. The van der Waals surface area contributed by atoms with E-state index in [0.29, 0.717) is 12.8 Å². The van der Waals surface area contributed by atoms with E-state index < -0.39 is 0 Å². The second-order valence-corrected chi connectivity index (χ2v) is 8.60. The molecule has 0 aromatic rings. The van der Waals surface area contributed by atoms with Crippen molar-refractivity contribution in [1.29, 1.82) is 0 Å². The van der Waals surface area contributed by atoms with E-state index in [-0.39, 0.29) is 35.8 Å². The van der Waals surface area contributed by atoms with Gasteiger partial charge in [-0.1, -0.05) is 50.8 Å². The average molecular weight is 407 g/mol. The highest BCUT2D eigenvalue weighted by atomic mass is 16.5. The maximum absolute atomic E-state index is 12.1. The molecule has 4 nitrogen and oxygen atoms in total. The summed E-state index contributed by atoms with van der Waals surface area (Å²) in [7, 11) is 0. The fraction of sp³-hybridized carbons (Fsp3) is 0.760. The van der Waals surface area contributed by atoms with Crippen LogP contribution < -0.4 is 0 Å². The zero-order valence-corrected chi connectivity index (χ0v) is 18.8. The molecule has 0 aliphatic heterocycles. The van der Waals surface area contributed by atoms with Gasteiger partial charge in [-0.15, -0.1) is 0 Å². The molecule has 2 unspecified atom stereocenters. The number of aliphatic hydroxyl groups is 1. The SMILES string of the molecule is CCCCCCCC(=O)/C=C/C1CCC(O)[C@@H]1C/C=C\CCCC(=O)OC(C)C. The fourth-order valence-corrected chi connectivity index (χ4v) is 3.92. The molecule has 0 aromatic carbocycles. The van der Waals surface area contributed by atoms with E-state index in [1.54, 1.807) is 6.08 Å². The van der Waals surface area contributed by atoms with Crippen LogP contribution in [0, 0.1) is 11.8 Å². The van der Waals surface area contributed by atoms with Gasteiger partial charge in [-0.2, -0.15) is 0 Å². The lowest BCUT2D eigenvalue weighted by molar-refractivity contribution is -0.147. The predicted octanol–water partition coefficient (Wildman–Crippen LogP) is 5.93. The number of esters is 1. The largest absolute Gasteiger partial charge is 0.463 e. The zero-order valence-electron chi connectivity index (χ0n) is 18.8. The van der Waals surface area contributed by atoms with Gasteiger partial charge < -0.3 is 9.84 Å². The second kappa shape index (κ2) is 15.4. The minimum Gasteiger partial charge on any atom is -0.463 e. The molecule has 0 aromatic heterocycles. The van der Waals surface area contributed by atoms with Gasteiger partial charge in [-0.05, 0) is 70.3 Å². The Morgan fingerprint density at radius 3 is 2.52 bits per heavy atom. The molecular formula is C25H42O4. The van der Waals surface area contributed by atoms with E-state index in [1.165, 1.54) is 19.3 Å². The van der Waals surface area contributed by atoms with Gasteiger partial charge in [0.1, 0.15) is 0 Å². The highest BCUT2D eigenvalue weighted by Gasteiger charge is 2.32.